The van der Waals surface area contributed by atoms with Crippen molar-refractivity contribution in [1.29, 1.82) is 5.26 Å². The van der Waals surface area contributed by atoms with Gasteiger partial charge in [-0.3, -0.25) is 0 Å². The van der Waals surface area contributed by atoms with E-state index < -0.39 is 0 Å². The van der Waals surface area contributed by atoms with Crippen molar-refractivity contribution >= 4 is 5.69 Å². The number of hydrogen-bond acceptors (Lipinski definition) is 2. The lowest BCUT2D eigenvalue weighted by molar-refractivity contribution is 0.324. The molecular weight excluding hydrogens is 179 g/mol. The lowest BCUT2D eigenvalue weighted by atomic mass is 9.71. The number of nitrogens with two attached hydrogens (primary N) is 1. The molecular formula is C11H11FN2. The Morgan fingerprint density at radius 1 is 1.36 bits per heavy atom. The molecule has 0 bridgehead atoms. The topological polar surface area (TPSA) is 49.8 Å². The van der Waals surface area contributed by atoms with Crippen LogP contribution in [0.4, 0.5) is 10.1 Å². The van der Waals surface area contributed by atoms with Gasteiger partial charge in [-0.1, -0.05) is 0 Å². The van der Waals surface area contributed by atoms with Crippen molar-refractivity contribution in [2.24, 2.45) is 5.92 Å². The summed E-state index contributed by atoms with van der Waals surface area (Å²) in [5.41, 5.74) is 6.84. The fourth-order valence-electron chi connectivity index (χ4n) is 1.90. The number of nitrogen functional groups attached to an aromatic ring is 1. The third-order valence-corrected chi connectivity index (χ3v) is 2.81. The maximum Gasteiger partial charge on any atom is 0.125 e. The molecule has 1 aliphatic carbocycles. The molecule has 0 heterocycles. The average Bonchev–Trinajstić information content (AvgIpc) is 2.00. The lowest BCUT2D eigenvalue weighted by Crippen LogP contribution is -2.22. The summed E-state index contributed by atoms with van der Waals surface area (Å²) in [7, 11) is 0. The van der Waals surface area contributed by atoms with Crippen molar-refractivity contribution in [3.63, 3.8) is 0 Å². The molecule has 14 heavy (non-hydrogen) atoms. The Labute approximate surface area is 82.1 Å². The van der Waals surface area contributed by atoms with Gasteiger partial charge in [0.2, 0.25) is 0 Å². The van der Waals surface area contributed by atoms with Crippen molar-refractivity contribution in [2.45, 2.75) is 18.8 Å². The van der Waals surface area contributed by atoms with Crippen LogP contribution in [0, 0.1) is 23.1 Å². The van der Waals surface area contributed by atoms with E-state index in [4.69, 9.17) is 11.0 Å². The maximum absolute atomic E-state index is 13.0. The highest BCUT2D eigenvalue weighted by Gasteiger charge is 2.32. The van der Waals surface area contributed by atoms with Gasteiger partial charge in [-0.15, -0.1) is 0 Å². The second-order valence-corrected chi connectivity index (χ2v) is 3.74. The zero-order chi connectivity index (χ0) is 10.1. The van der Waals surface area contributed by atoms with Crippen LogP contribution in [0.2, 0.25) is 0 Å². The summed E-state index contributed by atoms with van der Waals surface area (Å²) in [4.78, 5) is 0. The van der Waals surface area contributed by atoms with Crippen molar-refractivity contribution in [2.75, 3.05) is 5.73 Å². The molecule has 1 saturated carbocycles. The highest BCUT2D eigenvalue weighted by atomic mass is 19.1. The van der Waals surface area contributed by atoms with Gasteiger partial charge in [0.1, 0.15) is 5.82 Å². The predicted octanol–water partition coefficient (Wildman–Crippen LogP) is 2.43. The van der Waals surface area contributed by atoms with Crippen LogP contribution < -0.4 is 5.73 Å². The fraction of sp³-hybridized carbons (Fsp3) is 0.364. The van der Waals surface area contributed by atoms with E-state index in [1.54, 1.807) is 6.07 Å². The molecule has 1 fully saturated rings. The van der Waals surface area contributed by atoms with Crippen LogP contribution in [0.3, 0.4) is 0 Å². The molecule has 0 radical (unpaired) electrons. The number of benzene rings is 1. The van der Waals surface area contributed by atoms with Gasteiger partial charge in [0.25, 0.3) is 0 Å². The minimum atomic E-state index is -0.316. The first kappa shape index (κ1) is 9.01. The molecule has 1 aromatic rings. The van der Waals surface area contributed by atoms with Crippen LogP contribution in [0.25, 0.3) is 0 Å². The average molecular weight is 190 g/mol. The SMILES string of the molecule is N#C[C@H]1CCC1c1cc(N)cc(F)c1. The number of anilines is 1. The van der Waals surface area contributed by atoms with E-state index in [1.807, 2.05) is 0 Å². The number of halogens is 1. The Bertz CT molecular complexity index is 375. The standard InChI is InChI=1S/C11H11FN2/c12-9-3-8(4-10(14)5-9)11-2-1-7(11)6-13/h3-5,7,11H,1-2,14H2/t7-,11?/m1/s1. The Kier molecular flexibility index (Phi) is 2.12. The summed E-state index contributed by atoms with van der Waals surface area (Å²) in [6.45, 7) is 0. The number of rotatable bonds is 1. The predicted molar refractivity (Wildman–Crippen MR) is 51.9 cm³/mol. The van der Waals surface area contributed by atoms with E-state index in [2.05, 4.69) is 6.07 Å². The molecule has 2 nitrogen and oxygen atoms in total. The van der Waals surface area contributed by atoms with Crippen LogP contribution >= 0.6 is 0 Å². The molecule has 0 aromatic heterocycles. The van der Waals surface area contributed by atoms with Gasteiger partial charge in [-0.2, -0.15) is 5.26 Å². The summed E-state index contributed by atoms with van der Waals surface area (Å²) < 4.78 is 13.0. The zero-order valence-electron chi connectivity index (χ0n) is 7.70. The molecule has 1 aromatic carbocycles. The second-order valence-electron chi connectivity index (χ2n) is 3.74. The first-order valence-corrected chi connectivity index (χ1v) is 4.66. The molecule has 1 unspecified atom stereocenters. The Balaban J connectivity index is 2.29. The van der Waals surface area contributed by atoms with Gasteiger partial charge in [0.15, 0.2) is 0 Å². The quantitative estimate of drug-likeness (QED) is 0.691. The Morgan fingerprint density at radius 3 is 2.64 bits per heavy atom. The molecule has 0 saturated heterocycles. The summed E-state index contributed by atoms with van der Waals surface area (Å²) in [5, 5.41) is 8.78. The van der Waals surface area contributed by atoms with Crippen LogP contribution in [0.1, 0.15) is 24.3 Å². The van der Waals surface area contributed by atoms with E-state index in [-0.39, 0.29) is 17.7 Å². The van der Waals surface area contributed by atoms with Gasteiger partial charge in [-0.05, 0) is 42.5 Å². The molecule has 0 amide bonds. The van der Waals surface area contributed by atoms with Crippen molar-refractivity contribution in [3.8, 4) is 6.07 Å². The second kappa shape index (κ2) is 3.30. The lowest BCUT2D eigenvalue weighted by Gasteiger charge is -2.31. The van der Waals surface area contributed by atoms with Gasteiger partial charge in [0.05, 0.1) is 12.0 Å². The summed E-state index contributed by atoms with van der Waals surface area (Å²) >= 11 is 0. The van der Waals surface area contributed by atoms with E-state index in [0.717, 1.165) is 18.4 Å². The molecule has 2 atom stereocenters. The Morgan fingerprint density at radius 2 is 2.14 bits per heavy atom. The highest BCUT2D eigenvalue weighted by molar-refractivity contribution is 5.43. The summed E-state index contributed by atoms with van der Waals surface area (Å²) in [6, 6.07) is 6.76. The third kappa shape index (κ3) is 1.44. The summed E-state index contributed by atoms with van der Waals surface area (Å²) in [6.07, 6.45) is 1.87. The van der Waals surface area contributed by atoms with Crippen molar-refractivity contribution < 1.29 is 4.39 Å². The van der Waals surface area contributed by atoms with Crippen LogP contribution in [0.5, 0.6) is 0 Å². The molecule has 72 valence electrons. The molecule has 3 heteroatoms. The van der Waals surface area contributed by atoms with Gasteiger partial charge in [0, 0.05) is 5.69 Å². The molecule has 0 spiro atoms. The molecule has 1 aliphatic rings. The highest BCUT2D eigenvalue weighted by Crippen LogP contribution is 2.42. The van der Waals surface area contributed by atoms with Crippen LogP contribution in [0.15, 0.2) is 18.2 Å². The van der Waals surface area contributed by atoms with Crippen molar-refractivity contribution in [1.82, 2.24) is 0 Å². The number of nitrogens with zero attached hydrogens (tertiary/aromatic N) is 1. The van der Waals surface area contributed by atoms with E-state index >= 15 is 0 Å². The Hall–Kier alpha value is -1.56. The van der Waals surface area contributed by atoms with E-state index in [0.29, 0.717) is 5.69 Å². The largest absolute Gasteiger partial charge is 0.399 e. The van der Waals surface area contributed by atoms with Crippen molar-refractivity contribution in [3.05, 3.63) is 29.6 Å². The maximum atomic E-state index is 13.0. The molecule has 2 rings (SSSR count). The smallest absolute Gasteiger partial charge is 0.125 e. The van der Waals surface area contributed by atoms with E-state index in [9.17, 15) is 4.39 Å². The minimum Gasteiger partial charge on any atom is -0.399 e. The first-order valence-electron chi connectivity index (χ1n) is 4.66. The van der Waals surface area contributed by atoms with Gasteiger partial charge >= 0.3 is 0 Å². The van der Waals surface area contributed by atoms with E-state index in [1.165, 1.54) is 12.1 Å². The number of nitriles is 1. The van der Waals surface area contributed by atoms with Gasteiger partial charge in [-0.25, -0.2) is 4.39 Å². The minimum absolute atomic E-state index is 0.0381. The summed E-state index contributed by atoms with van der Waals surface area (Å²) in [5.74, 6) is -0.0993. The van der Waals surface area contributed by atoms with Crippen LogP contribution in [-0.2, 0) is 0 Å². The third-order valence-electron chi connectivity index (χ3n) is 2.81. The first-order chi connectivity index (χ1) is 6.70. The van der Waals surface area contributed by atoms with Gasteiger partial charge < -0.3 is 5.73 Å². The normalized spacial score (nSPS) is 25.1. The zero-order valence-corrected chi connectivity index (χ0v) is 7.70. The monoisotopic (exact) mass is 190 g/mol. The fourth-order valence-corrected chi connectivity index (χ4v) is 1.90. The number of hydrogen-bond donors (Lipinski definition) is 1. The molecule has 2 N–H and O–H groups in total. The molecule has 0 aliphatic heterocycles. The van der Waals surface area contributed by atoms with Crippen LogP contribution in [-0.4, -0.2) is 0 Å².